The van der Waals surface area contributed by atoms with Crippen LogP contribution >= 0.6 is 0 Å². The molecule has 8 heteroatoms. The minimum atomic E-state index is -3.77. The number of hydrogen-bond acceptors (Lipinski definition) is 4. The first kappa shape index (κ1) is 20.9. The van der Waals surface area contributed by atoms with Gasteiger partial charge in [-0.15, -0.1) is 0 Å². The Labute approximate surface area is 181 Å². The lowest BCUT2D eigenvalue weighted by atomic mass is 10.0. The van der Waals surface area contributed by atoms with Crippen molar-refractivity contribution >= 4 is 27.3 Å². The van der Waals surface area contributed by atoms with Crippen LogP contribution in [-0.4, -0.2) is 25.4 Å². The number of rotatable bonds is 5. The zero-order valence-corrected chi connectivity index (χ0v) is 17.9. The van der Waals surface area contributed by atoms with E-state index in [0.717, 1.165) is 29.7 Å². The van der Waals surface area contributed by atoms with Gasteiger partial charge in [-0.25, -0.2) is 8.42 Å². The molecule has 2 heterocycles. The number of aryl methyl sites for hydroxylation is 1. The van der Waals surface area contributed by atoms with Crippen LogP contribution in [0.25, 0.3) is 0 Å². The molecule has 0 spiro atoms. The monoisotopic (exact) mass is 437 g/mol. The number of nitrogens with zero attached hydrogens (tertiary/aromatic N) is 2. The van der Waals surface area contributed by atoms with Gasteiger partial charge in [0.05, 0.1) is 11.4 Å². The minimum absolute atomic E-state index is 0.0486. The predicted molar refractivity (Wildman–Crippen MR) is 120 cm³/mol. The molecule has 1 amide bonds. The second kappa shape index (κ2) is 8.39. The van der Waals surface area contributed by atoms with E-state index in [1.807, 2.05) is 0 Å². The summed E-state index contributed by atoms with van der Waals surface area (Å²) in [4.78, 5) is 25.5. The van der Waals surface area contributed by atoms with E-state index < -0.39 is 10.0 Å². The van der Waals surface area contributed by atoms with Gasteiger partial charge >= 0.3 is 0 Å². The number of carbonyl (C=O) groups excluding carboxylic acids is 1. The van der Waals surface area contributed by atoms with E-state index in [1.54, 1.807) is 64.2 Å². The topological polar surface area (TPSA) is 88.5 Å². The summed E-state index contributed by atoms with van der Waals surface area (Å²) < 4.78 is 30.0. The predicted octanol–water partition coefficient (Wildman–Crippen LogP) is 3.00. The maximum atomic E-state index is 12.9. The molecular weight excluding hydrogens is 414 g/mol. The van der Waals surface area contributed by atoms with Crippen LogP contribution in [0.15, 0.2) is 76.6 Å². The van der Waals surface area contributed by atoms with Crippen molar-refractivity contribution in [3.63, 3.8) is 0 Å². The largest absolute Gasteiger partial charge is 0.312 e. The van der Waals surface area contributed by atoms with E-state index in [2.05, 4.69) is 4.72 Å². The smallest absolute Gasteiger partial charge is 0.261 e. The highest BCUT2D eigenvalue weighted by atomic mass is 32.2. The number of carbonyl (C=O) groups is 1. The quantitative estimate of drug-likeness (QED) is 0.665. The fourth-order valence-corrected chi connectivity index (χ4v) is 4.86. The van der Waals surface area contributed by atoms with Gasteiger partial charge in [0.25, 0.3) is 15.6 Å². The molecule has 1 N–H and O–H groups in total. The van der Waals surface area contributed by atoms with Gasteiger partial charge in [0.1, 0.15) is 0 Å². The third-order valence-corrected chi connectivity index (χ3v) is 6.70. The van der Waals surface area contributed by atoms with E-state index in [0.29, 0.717) is 18.8 Å². The zero-order valence-electron chi connectivity index (χ0n) is 17.1. The Morgan fingerprint density at radius 3 is 2.55 bits per heavy atom. The van der Waals surface area contributed by atoms with Crippen molar-refractivity contribution in [1.82, 2.24) is 4.57 Å². The molecule has 7 nitrogen and oxygen atoms in total. The van der Waals surface area contributed by atoms with Gasteiger partial charge in [-0.1, -0.05) is 18.2 Å². The molecule has 0 saturated carbocycles. The summed E-state index contributed by atoms with van der Waals surface area (Å²) in [6.07, 6.45) is 3.24. The van der Waals surface area contributed by atoms with Crippen LogP contribution in [0.2, 0.25) is 0 Å². The number of aromatic nitrogens is 1. The SMILES string of the molecule is CC(=O)N1CCCc2cc(S(=O)(=O)Nc3ccc(Cn4ccccc4=O)cc3)ccc21. The van der Waals surface area contributed by atoms with E-state index in [-0.39, 0.29) is 16.4 Å². The first-order valence-corrected chi connectivity index (χ1v) is 11.5. The summed E-state index contributed by atoms with van der Waals surface area (Å²) in [5.74, 6) is -0.0486. The average Bonchev–Trinajstić information content (AvgIpc) is 2.75. The molecule has 2 aromatic carbocycles. The number of fused-ring (bicyclic) bond motifs is 1. The Morgan fingerprint density at radius 2 is 1.84 bits per heavy atom. The first-order chi connectivity index (χ1) is 14.8. The van der Waals surface area contributed by atoms with Gasteiger partial charge in [0, 0.05) is 37.1 Å². The van der Waals surface area contributed by atoms with E-state index in [9.17, 15) is 18.0 Å². The molecular formula is C23H23N3O4S. The zero-order chi connectivity index (χ0) is 22.0. The summed E-state index contributed by atoms with van der Waals surface area (Å²) in [6.45, 7) is 2.57. The number of nitrogens with one attached hydrogen (secondary N) is 1. The van der Waals surface area contributed by atoms with Crippen LogP contribution in [-0.2, 0) is 27.8 Å². The number of sulfonamides is 1. The van der Waals surface area contributed by atoms with E-state index in [4.69, 9.17) is 0 Å². The fourth-order valence-electron chi connectivity index (χ4n) is 3.75. The molecule has 0 saturated heterocycles. The molecule has 1 aliphatic heterocycles. The minimum Gasteiger partial charge on any atom is -0.312 e. The molecule has 4 rings (SSSR count). The van der Waals surface area contributed by atoms with Gasteiger partial charge in [-0.2, -0.15) is 0 Å². The third-order valence-electron chi connectivity index (χ3n) is 5.32. The molecule has 1 aliphatic rings. The highest BCUT2D eigenvalue weighted by Crippen LogP contribution is 2.30. The molecule has 0 fully saturated rings. The van der Waals surface area contributed by atoms with Crippen LogP contribution in [0.1, 0.15) is 24.5 Å². The van der Waals surface area contributed by atoms with Crippen LogP contribution in [0.3, 0.4) is 0 Å². The first-order valence-electron chi connectivity index (χ1n) is 10.0. The average molecular weight is 438 g/mol. The molecule has 0 bridgehead atoms. The van der Waals surface area contributed by atoms with Crippen LogP contribution in [0.4, 0.5) is 11.4 Å². The fraction of sp³-hybridized carbons (Fsp3) is 0.217. The Bertz CT molecular complexity index is 1280. The highest BCUT2D eigenvalue weighted by molar-refractivity contribution is 7.92. The van der Waals surface area contributed by atoms with Crippen LogP contribution in [0.5, 0.6) is 0 Å². The summed E-state index contributed by atoms with van der Waals surface area (Å²) in [5, 5.41) is 0. The van der Waals surface area contributed by atoms with Crippen LogP contribution in [0, 0.1) is 0 Å². The molecule has 0 atom stereocenters. The van der Waals surface area contributed by atoms with Crippen molar-refractivity contribution in [2.75, 3.05) is 16.2 Å². The summed E-state index contributed by atoms with van der Waals surface area (Å²) in [7, 11) is -3.77. The number of amides is 1. The number of hydrogen-bond donors (Lipinski definition) is 1. The summed E-state index contributed by atoms with van der Waals surface area (Å²) in [5.41, 5.74) is 2.86. The Kier molecular flexibility index (Phi) is 5.65. The van der Waals surface area contributed by atoms with Crippen molar-refractivity contribution in [2.45, 2.75) is 31.2 Å². The van der Waals surface area contributed by atoms with Gasteiger partial charge < -0.3 is 9.47 Å². The van der Waals surface area contributed by atoms with Crippen molar-refractivity contribution in [3.05, 3.63) is 88.3 Å². The highest BCUT2D eigenvalue weighted by Gasteiger charge is 2.23. The Balaban J connectivity index is 1.52. The molecule has 160 valence electrons. The number of benzene rings is 2. The molecule has 0 aliphatic carbocycles. The Hall–Kier alpha value is -3.39. The van der Waals surface area contributed by atoms with Crippen LogP contribution < -0.4 is 15.2 Å². The van der Waals surface area contributed by atoms with Crippen molar-refractivity contribution in [3.8, 4) is 0 Å². The molecule has 1 aromatic heterocycles. The second-order valence-corrected chi connectivity index (χ2v) is 9.22. The third kappa shape index (κ3) is 4.54. The van der Waals surface area contributed by atoms with Gasteiger partial charge in [-0.3, -0.25) is 14.3 Å². The van der Waals surface area contributed by atoms with Crippen molar-refractivity contribution in [2.24, 2.45) is 0 Å². The lowest BCUT2D eigenvalue weighted by Crippen LogP contribution is -2.33. The summed E-state index contributed by atoms with van der Waals surface area (Å²) >= 11 is 0. The maximum absolute atomic E-state index is 12.9. The summed E-state index contributed by atoms with van der Waals surface area (Å²) in [6, 6.07) is 16.8. The Morgan fingerprint density at radius 1 is 1.06 bits per heavy atom. The van der Waals surface area contributed by atoms with Gasteiger partial charge in [-0.05, 0) is 60.4 Å². The maximum Gasteiger partial charge on any atom is 0.261 e. The van der Waals surface area contributed by atoms with E-state index >= 15 is 0 Å². The standard InChI is InChI=1S/C23H23N3O4S/c1-17(27)26-14-4-5-19-15-21(11-12-22(19)26)31(29,30)24-20-9-7-18(8-10-20)16-25-13-3-2-6-23(25)28/h2-3,6-13,15,24H,4-5,14,16H2,1H3. The molecule has 0 unspecified atom stereocenters. The van der Waals surface area contributed by atoms with Gasteiger partial charge in [0.2, 0.25) is 5.91 Å². The lowest BCUT2D eigenvalue weighted by Gasteiger charge is -2.28. The molecule has 31 heavy (non-hydrogen) atoms. The number of pyridine rings is 1. The van der Waals surface area contributed by atoms with E-state index in [1.165, 1.54) is 19.1 Å². The van der Waals surface area contributed by atoms with Gasteiger partial charge in [0.15, 0.2) is 0 Å². The normalized spacial score (nSPS) is 13.5. The second-order valence-electron chi connectivity index (χ2n) is 7.53. The van der Waals surface area contributed by atoms with Crippen molar-refractivity contribution < 1.29 is 13.2 Å². The number of anilines is 2. The van der Waals surface area contributed by atoms with Crippen molar-refractivity contribution in [1.29, 1.82) is 0 Å². The molecule has 0 radical (unpaired) electrons. The molecule has 3 aromatic rings. The lowest BCUT2D eigenvalue weighted by molar-refractivity contribution is -0.116.